The normalized spacial score (nSPS) is 16.5. The molecule has 2 heterocycles. The van der Waals surface area contributed by atoms with E-state index in [1.54, 1.807) is 0 Å². The maximum atomic E-state index is 10.5. The third-order valence-corrected chi connectivity index (χ3v) is 2.09. The molecule has 2 aliphatic rings. The van der Waals surface area contributed by atoms with Gasteiger partial charge < -0.3 is 19.8 Å². The molecule has 0 aromatic carbocycles. The van der Waals surface area contributed by atoms with Crippen LogP contribution in [0.5, 0.6) is 0 Å². The van der Waals surface area contributed by atoms with Gasteiger partial charge in [0, 0.05) is 0 Å². The van der Waals surface area contributed by atoms with Gasteiger partial charge in [0.2, 0.25) is 11.8 Å². The summed E-state index contributed by atoms with van der Waals surface area (Å²) in [5.74, 6) is -4.53. The molecule has 6 amide bonds. The summed E-state index contributed by atoms with van der Waals surface area (Å²) >= 11 is 0. The van der Waals surface area contributed by atoms with Crippen LogP contribution in [-0.4, -0.2) is 47.2 Å². The summed E-state index contributed by atoms with van der Waals surface area (Å²) in [4.78, 5) is 67.9. The molecule has 12 nitrogen and oxygen atoms in total. The number of aliphatic imine (C=N–C) groups is 2. The van der Waals surface area contributed by atoms with Gasteiger partial charge in [-0.2, -0.15) is 9.98 Å². The molecular formula is C10H6N4O8Zn. The summed E-state index contributed by atoms with van der Waals surface area (Å²) < 4.78 is 0. The number of urea groups is 2. The second kappa shape index (κ2) is 8.58. The van der Waals surface area contributed by atoms with Gasteiger partial charge in [-0.3, -0.25) is 20.2 Å². The summed E-state index contributed by atoms with van der Waals surface area (Å²) in [6.45, 7) is 0. The van der Waals surface area contributed by atoms with Crippen LogP contribution in [0.15, 0.2) is 9.98 Å². The van der Waals surface area contributed by atoms with Crippen LogP contribution in [0.4, 0.5) is 9.59 Å². The number of nitrogens with one attached hydrogen (secondary N) is 2. The van der Waals surface area contributed by atoms with Crippen molar-refractivity contribution in [3.63, 3.8) is 0 Å². The Bertz CT molecular complexity index is 597. The molecule has 0 atom stereocenters. The predicted octanol–water partition coefficient (Wildman–Crippen LogP) is -4.37. The molecule has 2 aliphatic heterocycles. The SMILES string of the molecule is O=C1CC(C(=O)[O-])=NC(=O)N1.O=C1CC(C(=O)[O-])=NC(=O)N1.[Zn+2]. The maximum Gasteiger partial charge on any atom is 2.00 e. The minimum Gasteiger partial charge on any atom is -0.543 e. The first-order valence-electron chi connectivity index (χ1n) is 5.44. The number of carboxylic acid groups (broad SMARTS) is 2. The van der Waals surface area contributed by atoms with E-state index in [0.29, 0.717) is 0 Å². The van der Waals surface area contributed by atoms with Gasteiger partial charge in [-0.1, -0.05) is 0 Å². The van der Waals surface area contributed by atoms with Crippen LogP contribution in [0.2, 0.25) is 0 Å². The first kappa shape index (κ1) is 20.2. The van der Waals surface area contributed by atoms with Crippen LogP contribution in [0.25, 0.3) is 0 Å². The molecule has 2 N–H and O–H groups in total. The van der Waals surface area contributed by atoms with E-state index < -0.39 is 60.1 Å². The van der Waals surface area contributed by atoms with Crippen LogP contribution in [0.3, 0.4) is 0 Å². The van der Waals surface area contributed by atoms with Gasteiger partial charge in [-0.15, -0.1) is 0 Å². The number of rotatable bonds is 2. The predicted molar refractivity (Wildman–Crippen MR) is 61.2 cm³/mol. The summed E-state index contributed by atoms with van der Waals surface area (Å²) in [7, 11) is 0. The van der Waals surface area contributed by atoms with Crippen molar-refractivity contribution in [2.24, 2.45) is 9.98 Å². The molecule has 0 bridgehead atoms. The van der Waals surface area contributed by atoms with Crippen LogP contribution >= 0.6 is 0 Å². The van der Waals surface area contributed by atoms with Gasteiger partial charge in [-0.05, 0) is 0 Å². The van der Waals surface area contributed by atoms with Crippen LogP contribution < -0.4 is 20.8 Å². The van der Waals surface area contributed by atoms with Crippen LogP contribution in [-0.2, 0) is 38.7 Å². The molecule has 116 valence electrons. The van der Waals surface area contributed by atoms with E-state index >= 15 is 0 Å². The Morgan fingerprint density at radius 1 is 0.783 bits per heavy atom. The molecular weight excluding hydrogens is 370 g/mol. The Labute approximate surface area is 139 Å². The minimum atomic E-state index is -1.59. The topological polar surface area (TPSA) is 197 Å². The van der Waals surface area contributed by atoms with Gasteiger partial charge in [0.1, 0.15) is 0 Å². The van der Waals surface area contributed by atoms with Gasteiger partial charge in [0.25, 0.3) is 0 Å². The number of imide groups is 2. The fourth-order valence-corrected chi connectivity index (χ4v) is 1.25. The summed E-state index contributed by atoms with van der Waals surface area (Å²) in [5, 5.41) is 23.8. The van der Waals surface area contributed by atoms with Gasteiger partial charge >= 0.3 is 31.5 Å². The quantitative estimate of drug-likeness (QED) is 0.451. The Morgan fingerprint density at radius 3 is 1.30 bits per heavy atom. The fourth-order valence-electron chi connectivity index (χ4n) is 1.25. The Kier molecular flexibility index (Phi) is 7.53. The van der Waals surface area contributed by atoms with E-state index in [-0.39, 0.29) is 19.5 Å². The number of hydrogen-bond acceptors (Lipinski definition) is 8. The van der Waals surface area contributed by atoms with Crippen molar-refractivity contribution in [2.75, 3.05) is 0 Å². The van der Waals surface area contributed by atoms with E-state index in [0.717, 1.165) is 0 Å². The van der Waals surface area contributed by atoms with Crippen molar-refractivity contribution in [1.82, 2.24) is 10.6 Å². The Morgan fingerprint density at radius 2 is 1.09 bits per heavy atom. The molecule has 0 saturated heterocycles. The smallest absolute Gasteiger partial charge is 0.543 e. The second-order valence-electron chi connectivity index (χ2n) is 3.75. The van der Waals surface area contributed by atoms with Crippen LogP contribution in [0.1, 0.15) is 12.8 Å². The van der Waals surface area contributed by atoms with Crippen molar-refractivity contribution >= 4 is 47.2 Å². The van der Waals surface area contributed by atoms with Crippen molar-refractivity contribution in [3.8, 4) is 0 Å². The number of nitrogens with zero attached hydrogens (tertiary/aromatic N) is 2. The van der Waals surface area contributed by atoms with Crippen molar-refractivity contribution in [2.45, 2.75) is 12.8 Å². The van der Waals surface area contributed by atoms with E-state index in [4.69, 9.17) is 0 Å². The second-order valence-corrected chi connectivity index (χ2v) is 3.75. The molecule has 0 aliphatic carbocycles. The molecule has 0 fully saturated rings. The van der Waals surface area contributed by atoms with Crippen LogP contribution in [0, 0.1) is 0 Å². The molecule has 2 rings (SSSR count). The molecule has 0 saturated carbocycles. The van der Waals surface area contributed by atoms with Crippen molar-refractivity contribution in [1.29, 1.82) is 0 Å². The van der Waals surface area contributed by atoms with E-state index in [1.807, 2.05) is 10.6 Å². The molecule has 0 aromatic rings. The number of hydrogen-bond donors (Lipinski definition) is 2. The monoisotopic (exact) mass is 374 g/mol. The number of carbonyl (C=O) groups excluding carboxylic acids is 6. The Balaban J connectivity index is 0.000000403. The zero-order valence-corrected chi connectivity index (χ0v) is 14.2. The van der Waals surface area contributed by atoms with Gasteiger partial charge in [0.05, 0.1) is 36.2 Å². The number of carbonyl (C=O) groups is 6. The Hall–Kier alpha value is -2.82. The molecule has 0 radical (unpaired) electrons. The first-order valence-corrected chi connectivity index (χ1v) is 5.44. The standard InChI is InChI=1S/2C5H4N2O4.Zn/c2*8-3-1-2(4(9)10)6-5(11)7-3;/h2*1H2,(H,9,10)(H,7,8,11);/q;;+2/p-2. The molecule has 0 aromatic heterocycles. The fraction of sp³-hybridized carbons (Fsp3) is 0.200. The molecule has 0 unspecified atom stereocenters. The van der Waals surface area contributed by atoms with E-state index in [1.165, 1.54) is 0 Å². The number of carboxylic acids is 2. The van der Waals surface area contributed by atoms with E-state index in [2.05, 4.69) is 9.98 Å². The third kappa shape index (κ3) is 6.65. The van der Waals surface area contributed by atoms with Crippen molar-refractivity contribution < 1.29 is 58.5 Å². The maximum absolute atomic E-state index is 10.5. The molecule has 23 heavy (non-hydrogen) atoms. The van der Waals surface area contributed by atoms with Crippen molar-refractivity contribution in [3.05, 3.63) is 0 Å². The van der Waals surface area contributed by atoms with E-state index in [9.17, 15) is 39.0 Å². The molecule has 0 spiro atoms. The average molecular weight is 376 g/mol. The van der Waals surface area contributed by atoms with Gasteiger partial charge in [0.15, 0.2) is 0 Å². The summed E-state index contributed by atoms with van der Waals surface area (Å²) in [6, 6.07) is -1.92. The van der Waals surface area contributed by atoms with Gasteiger partial charge in [-0.25, -0.2) is 9.59 Å². The zero-order valence-electron chi connectivity index (χ0n) is 11.3. The largest absolute Gasteiger partial charge is 2.00 e. The minimum absolute atomic E-state index is 0. The molecule has 13 heteroatoms. The summed E-state index contributed by atoms with van der Waals surface area (Å²) in [6.07, 6.45) is -0.817. The third-order valence-electron chi connectivity index (χ3n) is 2.09. The first-order chi connectivity index (χ1) is 10.2. The zero-order chi connectivity index (χ0) is 16.9. The number of amides is 6. The number of aliphatic carboxylic acids is 2. The average Bonchev–Trinajstić information content (AvgIpc) is 2.37. The summed E-state index contributed by atoms with van der Waals surface area (Å²) in [5.41, 5.74) is -1.06.